The number of nitriles is 1. The van der Waals surface area contributed by atoms with Gasteiger partial charge in [-0.25, -0.2) is 4.98 Å². The lowest BCUT2D eigenvalue weighted by atomic mass is 10.1. The van der Waals surface area contributed by atoms with Crippen LogP contribution in [-0.4, -0.2) is 22.7 Å². The average Bonchev–Trinajstić information content (AvgIpc) is 2.89. The van der Waals surface area contributed by atoms with E-state index < -0.39 is 0 Å². The summed E-state index contributed by atoms with van der Waals surface area (Å²) in [5.74, 6) is 1.11. The van der Waals surface area contributed by atoms with Crippen molar-refractivity contribution in [2.24, 2.45) is 5.92 Å². The Balaban J connectivity index is 1.81. The first-order valence-corrected chi connectivity index (χ1v) is 6.98. The molecular formula is C16H17N3O. The number of nitrogens with zero attached hydrogens (tertiary/aromatic N) is 2. The van der Waals surface area contributed by atoms with E-state index >= 15 is 0 Å². The highest BCUT2D eigenvalue weighted by molar-refractivity contribution is 5.82. The lowest BCUT2D eigenvalue weighted by Gasteiger charge is -2.13. The van der Waals surface area contributed by atoms with Crippen LogP contribution in [0.3, 0.4) is 0 Å². The number of nitrogens with one attached hydrogen (secondary N) is 1. The van der Waals surface area contributed by atoms with Crippen LogP contribution >= 0.6 is 0 Å². The molecule has 0 spiro atoms. The van der Waals surface area contributed by atoms with Crippen LogP contribution in [0.1, 0.15) is 24.8 Å². The molecule has 1 heterocycles. The molecule has 102 valence electrons. The number of para-hydroxylation sites is 1. The topological polar surface area (TPSA) is 68.9 Å². The van der Waals surface area contributed by atoms with Gasteiger partial charge in [-0.15, -0.1) is 0 Å². The van der Waals surface area contributed by atoms with E-state index in [2.05, 4.69) is 16.4 Å². The van der Waals surface area contributed by atoms with E-state index in [1.807, 2.05) is 30.3 Å². The summed E-state index contributed by atoms with van der Waals surface area (Å²) in [4.78, 5) is 4.53. The minimum absolute atomic E-state index is 0.165. The third-order valence-electron chi connectivity index (χ3n) is 3.92. The fourth-order valence-corrected chi connectivity index (χ4v) is 2.81. The first kappa shape index (κ1) is 12.9. The molecule has 2 unspecified atom stereocenters. The normalized spacial score (nSPS) is 21.8. The number of benzene rings is 1. The van der Waals surface area contributed by atoms with Gasteiger partial charge in [0.05, 0.1) is 17.2 Å². The Morgan fingerprint density at radius 2 is 2.20 bits per heavy atom. The largest absolute Gasteiger partial charge is 0.393 e. The van der Waals surface area contributed by atoms with Gasteiger partial charge in [-0.1, -0.05) is 18.2 Å². The van der Waals surface area contributed by atoms with Crippen molar-refractivity contribution in [1.82, 2.24) is 4.98 Å². The SMILES string of the molecule is N#Cc1cc2ccccc2nc1NCC1CCC(O)C1. The number of aliphatic hydroxyl groups excluding tert-OH is 1. The van der Waals surface area contributed by atoms with E-state index in [4.69, 9.17) is 0 Å². The maximum absolute atomic E-state index is 9.54. The van der Waals surface area contributed by atoms with Gasteiger partial charge in [0.25, 0.3) is 0 Å². The van der Waals surface area contributed by atoms with Crippen LogP contribution in [0.25, 0.3) is 10.9 Å². The van der Waals surface area contributed by atoms with E-state index in [9.17, 15) is 10.4 Å². The monoisotopic (exact) mass is 267 g/mol. The molecule has 20 heavy (non-hydrogen) atoms. The van der Waals surface area contributed by atoms with Gasteiger partial charge < -0.3 is 10.4 Å². The number of hydrogen-bond acceptors (Lipinski definition) is 4. The quantitative estimate of drug-likeness (QED) is 0.897. The first-order valence-electron chi connectivity index (χ1n) is 6.98. The second-order valence-corrected chi connectivity index (χ2v) is 5.40. The average molecular weight is 267 g/mol. The molecule has 4 nitrogen and oxygen atoms in total. The maximum Gasteiger partial charge on any atom is 0.144 e. The van der Waals surface area contributed by atoms with E-state index in [0.29, 0.717) is 17.3 Å². The summed E-state index contributed by atoms with van der Waals surface area (Å²) in [6, 6.07) is 11.9. The van der Waals surface area contributed by atoms with Crippen molar-refractivity contribution >= 4 is 16.7 Å². The van der Waals surface area contributed by atoms with Gasteiger partial charge in [0.2, 0.25) is 0 Å². The van der Waals surface area contributed by atoms with Gasteiger partial charge in [0, 0.05) is 11.9 Å². The van der Waals surface area contributed by atoms with Crippen molar-refractivity contribution < 1.29 is 5.11 Å². The summed E-state index contributed by atoms with van der Waals surface area (Å²) >= 11 is 0. The van der Waals surface area contributed by atoms with Crippen LogP contribution in [0.5, 0.6) is 0 Å². The van der Waals surface area contributed by atoms with Gasteiger partial charge in [0.15, 0.2) is 0 Å². The Kier molecular flexibility index (Phi) is 3.53. The minimum atomic E-state index is -0.165. The smallest absolute Gasteiger partial charge is 0.144 e. The lowest BCUT2D eigenvalue weighted by molar-refractivity contribution is 0.178. The van der Waals surface area contributed by atoms with Crippen LogP contribution in [0.2, 0.25) is 0 Å². The van der Waals surface area contributed by atoms with Gasteiger partial charge in [0.1, 0.15) is 11.9 Å². The Labute approximate surface area is 118 Å². The second-order valence-electron chi connectivity index (χ2n) is 5.40. The van der Waals surface area contributed by atoms with Crippen molar-refractivity contribution in [3.8, 4) is 6.07 Å². The molecule has 2 N–H and O–H groups in total. The molecule has 0 aliphatic heterocycles. The van der Waals surface area contributed by atoms with Gasteiger partial charge in [-0.3, -0.25) is 0 Å². The van der Waals surface area contributed by atoms with Crippen molar-refractivity contribution in [2.45, 2.75) is 25.4 Å². The number of pyridine rings is 1. The molecule has 2 aromatic rings. The zero-order valence-corrected chi connectivity index (χ0v) is 11.2. The molecule has 0 amide bonds. The van der Waals surface area contributed by atoms with Crippen molar-refractivity contribution in [1.29, 1.82) is 5.26 Å². The number of rotatable bonds is 3. The first-order chi connectivity index (χ1) is 9.76. The molecule has 1 aliphatic rings. The van der Waals surface area contributed by atoms with E-state index in [1.54, 1.807) is 0 Å². The van der Waals surface area contributed by atoms with Crippen LogP contribution in [0, 0.1) is 17.2 Å². The van der Waals surface area contributed by atoms with Crippen LogP contribution in [0.4, 0.5) is 5.82 Å². The van der Waals surface area contributed by atoms with E-state index in [1.165, 1.54) is 0 Å². The molecule has 2 atom stereocenters. The van der Waals surface area contributed by atoms with Crippen LogP contribution < -0.4 is 5.32 Å². The molecule has 1 aromatic carbocycles. The van der Waals surface area contributed by atoms with E-state index in [-0.39, 0.29) is 6.10 Å². The number of hydrogen-bond donors (Lipinski definition) is 2. The van der Waals surface area contributed by atoms with Gasteiger partial charge in [-0.05, 0) is 37.3 Å². The maximum atomic E-state index is 9.54. The highest BCUT2D eigenvalue weighted by atomic mass is 16.3. The number of anilines is 1. The number of fused-ring (bicyclic) bond motifs is 1. The van der Waals surface area contributed by atoms with Gasteiger partial charge >= 0.3 is 0 Å². The predicted molar refractivity (Wildman–Crippen MR) is 78.3 cm³/mol. The molecule has 3 rings (SSSR count). The molecule has 1 aliphatic carbocycles. The highest BCUT2D eigenvalue weighted by Gasteiger charge is 2.22. The third kappa shape index (κ3) is 2.59. The molecule has 1 fully saturated rings. The summed E-state index contributed by atoms with van der Waals surface area (Å²) in [5, 5.41) is 23.0. The molecule has 4 heteroatoms. The molecular weight excluding hydrogens is 250 g/mol. The standard InChI is InChI=1S/C16H17N3O/c17-9-13-8-12-3-1-2-4-15(12)19-16(13)18-10-11-5-6-14(20)7-11/h1-4,8,11,14,20H,5-7,10H2,(H,18,19). The predicted octanol–water partition coefficient (Wildman–Crippen LogP) is 2.68. The molecule has 1 aromatic heterocycles. The van der Waals surface area contributed by atoms with Crippen molar-refractivity contribution in [3.63, 3.8) is 0 Å². The molecule has 0 radical (unpaired) electrons. The lowest BCUT2D eigenvalue weighted by Crippen LogP contribution is -2.14. The Hall–Kier alpha value is -2.12. The summed E-state index contributed by atoms with van der Waals surface area (Å²) in [6.07, 6.45) is 2.58. The molecule has 0 bridgehead atoms. The molecule has 0 saturated heterocycles. The van der Waals surface area contributed by atoms with Crippen molar-refractivity contribution in [3.05, 3.63) is 35.9 Å². The number of aliphatic hydroxyl groups is 1. The second kappa shape index (κ2) is 5.48. The number of aromatic nitrogens is 1. The fourth-order valence-electron chi connectivity index (χ4n) is 2.81. The summed E-state index contributed by atoms with van der Waals surface area (Å²) in [6.45, 7) is 0.761. The molecule has 1 saturated carbocycles. The minimum Gasteiger partial charge on any atom is -0.393 e. The van der Waals surface area contributed by atoms with Gasteiger partial charge in [-0.2, -0.15) is 5.26 Å². The van der Waals surface area contributed by atoms with Crippen LogP contribution in [0.15, 0.2) is 30.3 Å². The summed E-state index contributed by atoms with van der Waals surface area (Å²) < 4.78 is 0. The Bertz CT molecular complexity index is 662. The Morgan fingerprint density at radius 3 is 2.95 bits per heavy atom. The fraction of sp³-hybridized carbons (Fsp3) is 0.375. The highest BCUT2D eigenvalue weighted by Crippen LogP contribution is 2.26. The summed E-state index contributed by atoms with van der Waals surface area (Å²) in [7, 11) is 0. The Morgan fingerprint density at radius 1 is 1.35 bits per heavy atom. The summed E-state index contributed by atoms with van der Waals surface area (Å²) in [5.41, 5.74) is 1.46. The van der Waals surface area contributed by atoms with Crippen LogP contribution in [-0.2, 0) is 0 Å². The van der Waals surface area contributed by atoms with Crippen molar-refractivity contribution in [2.75, 3.05) is 11.9 Å². The zero-order chi connectivity index (χ0) is 13.9. The zero-order valence-electron chi connectivity index (χ0n) is 11.2. The van der Waals surface area contributed by atoms with E-state index in [0.717, 1.165) is 36.7 Å². The third-order valence-corrected chi connectivity index (χ3v) is 3.92.